The summed E-state index contributed by atoms with van der Waals surface area (Å²) >= 11 is 2.76. The smallest absolute Gasteiger partial charge is 0.272 e. The van der Waals surface area contributed by atoms with Gasteiger partial charge in [-0.2, -0.15) is 0 Å². The van der Waals surface area contributed by atoms with E-state index in [4.69, 9.17) is 4.74 Å². The Morgan fingerprint density at radius 1 is 0.870 bits per heavy atom. The summed E-state index contributed by atoms with van der Waals surface area (Å²) in [7, 11) is 1.62. The van der Waals surface area contributed by atoms with E-state index < -0.39 is 11.2 Å². The van der Waals surface area contributed by atoms with Gasteiger partial charge in [0.2, 0.25) is 5.91 Å². The first kappa shape index (κ1) is 32.2. The molecule has 8 nitrogen and oxygen atoms in total. The molecule has 0 aliphatic heterocycles. The van der Waals surface area contributed by atoms with Crippen molar-refractivity contribution >= 4 is 57.7 Å². The van der Waals surface area contributed by atoms with Crippen LogP contribution >= 0.6 is 23.1 Å². The van der Waals surface area contributed by atoms with Gasteiger partial charge in [0.1, 0.15) is 11.4 Å². The van der Waals surface area contributed by atoms with Crippen LogP contribution in [0.25, 0.3) is 17.3 Å². The van der Waals surface area contributed by atoms with Crippen LogP contribution < -0.4 is 20.7 Å². The minimum absolute atomic E-state index is 0.115. The van der Waals surface area contributed by atoms with Crippen molar-refractivity contribution < 1.29 is 19.1 Å². The normalized spacial score (nSPS) is 11.8. The molecule has 1 aromatic heterocycles. The van der Waals surface area contributed by atoms with Gasteiger partial charge in [0, 0.05) is 27.1 Å². The highest BCUT2D eigenvalue weighted by atomic mass is 32.2. The Morgan fingerprint density at radius 2 is 1.57 bits per heavy atom. The molecule has 5 aromatic rings. The molecule has 46 heavy (non-hydrogen) atoms. The zero-order valence-corrected chi connectivity index (χ0v) is 27.1. The Labute approximate surface area is 275 Å². The number of nitrogens with one attached hydrogen (secondary N) is 3. The zero-order valence-electron chi connectivity index (χ0n) is 25.4. The number of methoxy groups -OCH3 is 1. The van der Waals surface area contributed by atoms with Gasteiger partial charge < -0.3 is 20.7 Å². The molecule has 10 heteroatoms. The maximum absolute atomic E-state index is 13.4. The fourth-order valence-electron chi connectivity index (χ4n) is 4.35. The zero-order chi connectivity index (χ0) is 32.5. The van der Waals surface area contributed by atoms with Crippen molar-refractivity contribution in [3.05, 3.63) is 131 Å². The highest BCUT2D eigenvalue weighted by Crippen LogP contribution is 2.29. The summed E-state index contributed by atoms with van der Waals surface area (Å²) in [6.45, 7) is 3.76. The fourth-order valence-corrected chi connectivity index (χ4v) is 5.94. The van der Waals surface area contributed by atoms with Gasteiger partial charge in [0.15, 0.2) is 5.13 Å². The van der Waals surface area contributed by atoms with Crippen LogP contribution in [0.4, 0.5) is 10.8 Å². The Kier molecular flexibility index (Phi) is 10.6. The largest absolute Gasteiger partial charge is 0.497 e. The van der Waals surface area contributed by atoms with Crippen LogP contribution in [-0.4, -0.2) is 35.1 Å². The number of amides is 3. The van der Waals surface area contributed by atoms with E-state index in [9.17, 15) is 14.4 Å². The van der Waals surface area contributed by atoms with Crippen LogP contribution in [0.5, 0.6) is 5.75 Å². The highest BCUT2D eigenvalue weighted by molar-refractivity contribution is 8.00. The number of hydrogen-bond acceptors (Lipinski definition) is 7. The molecular formula is C36H32N4O4S2. The number of hydrogen-bond donors (Lipinski definition) is 3. The number of anilines is 2. The summed E-state index contributed by atoms with van der Waals surface area (Å²) in [6.07, 6.45) is 1.67. The average molecular weight is 649 g/mol. The van der Waals surface area contributed by atoms with Gasteiger partial charge in [-0.1, -0.05) is 42.5 Å². The Morgan fingerprint density at radius 3 is 2.26 bits per heavy atom. The Balaban J connectivity index is 1.20. The lowest BCUT2D eigenvalue weighted by atomic mass is 10.1. The van der Waals surface area contributed by atoms with Crippen LogP contribution in [0.2, 0.25) is 0 Å². The summed E-state index contributed by atoms with van der Waals surface area (Å²) in [4.78, 5) is 44.6. The molecule has 0 fully saturated rings. The Bertz CT molecular complexity index is 1850. The standard InChI is InChI=1S/C36H32N4O4S2/c1-23-9-7-8-12-27(23)21-31(38-34(42)26-10-5-4-6-11-26)35(43)37-28-15-19-30(20-16-28)46-24(2)33(41)40-36-39-32(22-45-36)25-13-17-29(44-3)18-14-25/h4-22,24H,1-3H3,(H,37,43)(H,38,42)(H,39,40,41)/b31-21-. The van der Waals surface area contributed by atoms with Gasteiger partial charge in [-0.3, -0.25) is 14.4 Å². The molecule has 0 aliphatic carbocycles. The van der Waals surface area contributed by atoms with E-state index in [0.29, 0.717) is 16.4 Å². The number of aryl methyl sites for hydroxylation is 1. The van der Waals surface area contributed by atoms with E-state index in [-0.39, 0.29) is 17.5 Å². The van der Waals surface area contributed by atoms with Gasteiger partial charge in [0.25, 0.3) is 11.8 Å². The summed E-state index contributed by atoms with van der Waals surface area (Å²) < 4.78 is 5.21. The van der Waals surface area contributed by atoms with Crippen LogP contribution in [0, 0.1) is 6.92 Å². The van der Waals surface area contributed by atoms with Crippen LogP contribution in [0.15, 0.2) is 119 Å². The summed E-state index contributed by atoms with van der Waals surface area (Å²) in [6, 6.07) is 31.1. The molecule has 0 aliphatic rings. The molecule has 1 atom stereocenters. The molecule has 0 radical (unpaired) electrons. The van der Waals surface area contributed by atoms with Gasteiger partial charge in [-0.25, -0.2) is 4.98 Å². The molecule has 4 aromatic carbocycles. The summed E-state index contributed by atoms with van der Waals surface area (Å²) in [5, 5.41) is 10.6. The van der Waals surface area contributed by atoms with Gasteiger partial charge >= 0.3 is 0 Å². The summed E-state index contributed by atoms with van der Waals surface area (Å²) in [5.74, 6) is -0.249. The Hall–Kier alpha value is -5.19. The van der Waals surface area contributed by atoms with E-state index in [1.165, 1.54) is 23.1 Å². The highest BCUT2D eigenvalue weighted by Gasteiger charge is 2.18. The van der Waals surface area contributed by atoms with E-state index in [1.807, 2.05) is 86.0 Å². The lowest BCUT2D eigenvalue weighted by molar-refractivity contribution is -0.115. The first-order valence-corrected chi connectivity index (χ1v) is 16.2. The molecule has 5 rings (SSSR count). The van der Waals surface area contributed by atoms with Gasteiger partial charge in [-0.15, -0.1) is 23.1 Å². The quantitative estimate of drug-likeness (QED) is 0.100. The number of rotatable bonds is 11. The van der Waals surface area contributed by atoms with Crippen molar-refractivity contribution in [3.63, 3.8) is 0 Å². The molecule has 1 heterocycles. The number of thioether (sulfide) groups is 1. The number of thiazole rings is 1. The van der Waals surface area contributed by atoms with E-state index >= 15 is 0 Å². The van der Waals surface area contributed by atoms with Crippen LogP contribution in [0.1, 0.15) is 28.4 Å². The number of aromatic nitrogens is 1. The molecule has 0 spiro atoms. The third kappa shape index (κ3) is 8.50. The SMILES string of the molecule is COc1ccc(-c2csc(NC(=O)C(C)Sc3ccc(NC(=O)/C(=C/c4ccccc4C)NC(=O)c4ccccc4)cc3)n2)cc1. The number of ether oxygens (including phenoxy) is 1. The second-order valence-corrected chi connectivity index (χ2v) is 12.5. The van der Waals surface area contributed by atoms with Crippen molar-refractivity contribution in [1.82, 2.24) is 10.3 Å². The van der Waals surface area contributed by atoms with Crippen LogP contribution in [0.3, 0.4) is 0 Å². The van der Waals surface area contributed by atoms with Crippen molar-refractivity contribution in [3.8, 4) is 17.0 Å². The lowest BCUT2D eigenvalue weighted by Gasteiger charge is -2.13. The van der Waals surface area contributed by atoms with Crippen LogP contribution in [-0.2, 0) is 9.59 Å². The minimum atomic E-state index is -0.460. The lowest BCUT2D eigenvalue weighted by Crippen LogP contribution is -2.30. The maximum Gasteiger partial charge on any atom is 0.272 e. The van der Waals surface area contributed by atoms with E-state index in [2.05, 4.69) is 20.9 Å². The molecule has 3 N–H and O–H groups in total. The molecular weight excluding hydrogens is 617 g/mol. The first-order chi connectivity index (χ1) is 22.3. The molecule has 1 unspecified atom stereocenters. The second kappa shape index (κ2) is 15.2. The van der Waals surface area contributed by atoms with Crippen molar-refractivity contribution in [2.24, 2.45) is 0 Å². The second-order valence-electron chi connectivity index (χ2n) is 10.2. The van der Waals surface area contributed by atoms with Crippen molar-refractivity contribution in [2.75, 3.05) is 17.7 Å². The maximum atomic E-state index is 13.4. The monoisotopic (exact) mass is 648 g/mol. The molecule has 0 saturated heterocycles. The topological polar surface area (TPSA) is 109 Å². The number of carbonyl (C=O) groups is 3. The predicted molar refractivity (Wildman–Crippen MR) is 186 cm³/mol. The van der Waals surface area contributed by atoms with Crippen molar-refractivity contribution in [1.29, 1.82) is 0 Å². The van der Waals surface area contributed by atoms with Gasteiger partial charge in [-0.05, 0) is 91.7 Å². The first-order valence-electron chi connectivity index (χ1n) is 14.4. The molecule has 232 valence electrons. The predicted octanol–water partition coefficient (Wildman–Crippen LogP) is 7.66. The fraction of sp³-hybridized carbons (Fsp3) is 0.111. The van der Waals surface area contributed by atoms with E-state index in [0.717, 1.165) is 33.0 Å². The average Bonchev–Trinajstić information content (AvgIpc) is 3.55. The molecule has 0 bridgehead atoms. The van der Waals surface area contributed by atoms with Crippen molar-refractivity contribution in [2.45, 2.75) is 24.0 Å². The van der Waals surface area contributed by atoms with Gasteiger partial charge in [0.05, 0.1) is 18.1 Å². The molecule has 3 amide bonds. The number of nitrogens with zero attached hydrogens (tertiary/aromatic N) is 1. The minimum Gasteiger partial charge on any atom is -0.497 e. The third-order valence-electron chi connectivity index (χ3n) is 6.93. The number of carbonyl (C=O) groups excluding carboxylic acids is 3. The van der Waals surface area contributed by atoms with E-state index in [1.54, 1.807) is 49.6 Å². The summed E-state index contributed by atoms with van der Waals surface area (Å²) in [5.41, 5.74) is 4.59. The molecule has 0 saturated carbocycles. The third-order valence-corrected chi connectivity index (χ3v) is 8.80. The number of benzene rings is 4.